The van der Waals surface area contributed by atoms with Gasteiger partial charge in [0.25, 0.3) is 0 Å². The van der Waals surface area contributed by atoms with Crippen molar-refractivity contribution >= 4 is 17.7 Å². The number of nitrogens with one attached hydrogen (secondary N) is 1. The van der Waals surface area contributed by atoms with E-state index in [1.165, 1.54) is 43.9 Å². The molecular weight excluding hydrogens is 336 g/mol. The number of carbonyl (C=O) groups is 1. The zero-order valence-electron chi connectivity index (χ0n) is 14.8. The van der Waals surface area contributed by atoms with E-state index < -0.39 is 0 Å². The minimum Gasteiger partial charge on any atom is -0.376 e. The molecule has 1 atom stereocenters. The van der Waals surface area contributed by atoms with Gasteiger partial charge in [0, 0.05) is 25.6 Å². The van der Waals surface area contributed by atoms with Crippen LogP contribution in [0.1, 0.15) is 56.7 Å². The molecule has 1 saturated heterocycles. The summed E-state index contributed by atoms with van der Waals surface area (Å²) in [6.07, 6.45) is 10.4. The summed E-state index contributed by atoms with van der Waals surface area (Å²) >= 11 is 1.45. The number of amides is 1. The Hall–Kier alpha value is -1.34. The maximum Gasteiger partial charge on any atom is 0.230 e. The number of hydrogen-bond donors (Lipinski definition) is 1. The highest BCUT2D eigenvalue weighted by molar-refractivity contribution is 7.99. The van der Waals surface area contributed by atoms with E-state index in [0.29, 0.717) is 24.8 Å². The van der Waals surface area contributed by atoms with Gasteiger partial charge in [0.15, 0.2) is 5.16 Å². The molecule has 0 aromatic carbocycles. The van der Waals surface area contributed by atoms with E-state index in [1.807, 2.05) is 6.08 Å². The summed E-state index contributed by atoms with van der Waals surface area (Å²) in [6, 6.07) is 0. The van der Waals surface area contributed by atoms with Crippen LogP contribution in [0.15, 0.2) is 17.8 Å². The normalized spacial score (nSPS) is 21.4. The van der Waals surface area contributed by atoms with Crippen molar-refractivity contribution in [3.63, 3.8) is 0 Å². The monoisotopic (exact) mass is 364 g/mol. The number of aromatic nitrogens is 3. The van der Waals surface area contributed by atoms with Gasteiger partial charge in [-0.1, -0.05) is 37.1 Å². The predicted molar refractivity (Wildman–Crippen MR) is 98.8 cm³/mol. The zero-order valence-corrected chi connectivity index (χ0v) is 15.6. The fourth-order valence-corrected chi connectivity index (χ4v) is 4.37. The Morgan fingerprint density at radius 2 is 2.12 bits per heavy atom. The SMILES string of the molecule is C=CCn1c(SCC(=O)NC[C@@H]2CCCO2)nnc1C1CCCCC1. The molecule has 6 nitrogen and oxygen atoms in total. The lowest BCUT2D eigenvalue weighted by Crippen LogP contribution is -2.32. The molecule has 2 aliphatic rings. The molecule has 1 aliphatic heterocycles. The molecule has 1 aromatic heterocycles. The molecule has 2 fully saturated rings. The molecule has 2 heterocycles. The average molecular weight is 365 g/mol. The van der Waals surface area contributed by atoms with E-state index in [4.69, 9.17) is 4.74 Å². The van der Waals surface area contributed by atoms with E-state index >= 15 is 0 Å². The number of carbonyl (C=O) groups excluding carboxylic acids is 1. The van der Waals surface area contributed by atoms with Gasteiger partial charge in [-0.05, 0) is 25.7 Å². The van der Waals surface area contributed by atoms with Crippen molar-refractivity contribution in [3.8, 4) is 0 Å². The second-order valence-corrected chi connectivity index (χ2v) is 7.75. The lowest BCUT2D eigenvalue weighted by atomic mass is 9.89. The summed E-state index contributed by atoms with van der Waals surface area (Å²) in [4.78, 5) is 12.1. The second kappa shape index (κ2) is 9.38. The third-order valence-corrected chi connectivity index (χ3v) is 5.88. The molecule has 1 amide bonds. The first-order valence-electron chi connectivity index (χ1n) is 9.33. The molecule has 1 N–H and O–H groups in total. The van der Waals surface area contributed by atoms with E-state index in [0.717, 1.165) is 30.4 Å². The smallest absolute Gasteiger partial charge is 0.230 e. The number of ether oxygens (including phenoxy) is 1. The van der Waals surface area contributed by atoms with E-state index in [9.17, 15) is 4.79 Å². The van der Waals surface area contributed by atoms with Crippen LogP contribution in [0.2, 0.25) is 0 Å². The van der Waals surface area contributed by atoms with Crippen LogP contribution in [0.5, 0.6) is 0 Å². The fourth-order valence-electron chi connectivity index (χ4n) is 3.58. The largest absolute Gasteiger partial charge is 0.376 e. The van der Waals surface area contributed by atoms with Gasteiger partial charge >= 0.3 is 0 Å². The number of thioether (sulfide) groups is 1. The van der Waals surface area contributed by atoms with Crippen molar-refractivity contribution in [2.45, 2.75) is 68.7 Å². The van der Waals surface area contributed by atoms with Crippen LogP contribution in [0.25, 0.3) is 0 Å². The summed E-state index contributed by atoms with van der Waals surface area (Å²) < 4.78 is 7.65. The minimum atomic E-state index is 0.0212. The summed E-state index contributed by atoms with van der Waals surface area (Å²) in [7, 11) is 0. The van der Waals surface area contributed by atoms with Crippen molar-refractivity contribution in [1.29, 1.82) is 0 Å². The summed E-state index contributed by atoms with van der Waals surface area (Å²) in [6.45, 7) is 5.96. The quantitative estimate of drug-likeness (QED) is 0.567. The standard InChI is InChI=1S/C18H28N4O2S/c1-2-10-22-17(14-7-4-3-5-8-14)20-21-18(22)25-13-16(23)19-12-15-9-6-11-24-15/h2,14-15H,1,3-13H2,(H,19,23)/t15-/m0/s1. The highest BCUT2D eigenvalue weighted by atomic mass is 32.2. The molecule has 0 bridgehead atoms. The van der Waals surface area contributed by atoms with Gasteiger partial charge in [-0.25, -0.2) is 0 Å². The highest BCUT2D eigenvalue weighted by Crippen LogP contribution is 2.33. The van der Waals surface area contributed by atoms with Crippen molar-refractivity contribution in [3.05, 3.63) is 18.5 Å². The molecule has 1 aliphatic carbocycles. The Morgan fingerprint density at radius 1 is 1.28 bits per heavy atom. The fraction of sp³-hybridized carbons (Fsp3) is 0.722. The van der Waals surface area contributed by atoms with Crippen LogP contribution in [-0.2, 0) is 16.1 Å². The van der Waals surface area contributed by atoms with Crippen molar-refractivity contribution in [2.75, 3.05) is 18.9 Å². The average Bonchev–Trinajstić information content (AvgIpc) is 3.29. The van der Waals surface area contributed by atoms with Crippen LogP contribution in [0.3, 0.4) is 0 Å². The van der Waals surface area contributed by atoms with Gasteiger partial charge in [0.2, 0.25) is 5.91 Å². The van der Waals surface area contributed by atoms with Crippen molar-refractivity contribution in [1.82, 2.24) is 20.1 Å². The van der Waals surface area contributed by atoms with Gasteiger partial charge < -0.3 is 14.6 Å². The third-order valence-electron chi connectivity index (χ3n) is 4.91. The Kier molecular flexibility index (Phi) is 6.93. The van der Waals surface area contributed by atoms with Crippen molar-refractivity contribution < 1.29 is 9.53 Å². The van der Waals surface area contributed by atoms with Gasteiger partial charge in [-0.2, -0.15) is 0 Å². The molecule has 3 rings (SSSR count). The Labute approximate surface area is 153 Å². The van der Waals surface area contributed by atoms with Crippen LogP contribution in [-0.4, -0.2) is 45.7 Å². The second-order valence-electron chi connectivity index (χ2n) is 6.80. The lowest BCUT2D eigenvalue weighted by Gasteiger charge is -2.21. The van der Waals surface area contributed by atoms with Gasteiger partial charge in [0.1, 0.15) is 5.82 Å². The van der Waals surface area contributed by atoms with Crippen LogP contribution < -0.4 is 5.32 Å². The first-order valence-corrected chi connectivity index (χ1v) is 10.3. The summed E-state index contributed by atoms with van der Waals surface area (Å²) in [5.74, 6) is 1.92. The van der Waals surface area contributed by atoms with Crippen LogP contribution >= 0.6 is 11.8 Å². The Morgan fingerprint density at radius 3 is 2.84 bits per heavy atom. The molecule has 1 aromatic rings. The molecule has 0 spiro atoms. The van der Waals surface area contributed by atoms with E-state index in [-0.39, 0.29) is 12.0 Å². The molecular formula is C18H28N4O2S. The number of hydrogen-bond acceptors (Lipinski definition) is 5. The minimum absolute atomic E-state index is 0.0212. The van der Waals surface area contributed by atoms with Crippen LogP contribution in [0.4, 0.5) is 0 Å². The van der Waals surface area contributed by atoms with Gasteiger partial charge in [0.05, 0.1) is 11.9 Å². The van der Waals surface area contributed by atoms with Gasteiger partial charge in [-0.15, -0.1) is 16.8 Å². The Bertz CT molecular complexity index is 578. The third kappa shape index (κ3) is 5.07. The van der Waals surface area contributed by atoms with Gasteiger partial charge in [-0.3, -0.25) is 4.79 Å². The molecule has 25 heavy (non-hydrogen) atoms. The number of allylic oxidation sites excluding steroid dienone is 1. The maximum absolute atomic E-state index is 12.1. The zero-order chi connectivity index (χ0) is 17.5. The first kappa shape index (κ1) is 18.5. The summed E-state index contributed by atoms with van der Waals surface area (Å²) in [5, 5.41) is 12.5. The molecule has 138 valence electrons. The van der Waals surface area contributed by atoms with Crippen LogP contribution in [0, 0.1) is 0 Å². The van der Waals surface area contributed by atoms with E-state index in [1.54, 1.807) is 0 Å². The molecule has 1 saturated carbocycles. The molecule has 0 radical (unpaired) electrons. The van der Waals surface area contributed by atoms with Crippen molar-refractivity contribution in [2.24, 2.45) is 0 Å². The Balaban J connectivity index is 1.54. The number of nitrogens with zero attached hydrogens (tertiary/aromatic N) is 3. The maximum atomic E-state index is 12.1. The molecule has 7 heteroatoms. The highest BCUT2D eigenvalue weighted by Gasteiger charge is 2.23. The predicted octanol–water partition coefficient (Wildman–Crippen LogP) is 2.90. The topological polar surface area (TPSA) is 69.0 Å². The first-order chi connectivity index (χ1) is 12.3. The number of rotatable bonds is 8. The molecule has 0 unspecified atom stereocenters. The lowest BCUT2D eigenvalue weighted by molar-refractivity contribution is -0.119. The summed E-state index contributed by atoms with van der Waals surface area (Å²) in [5.41, 5.74) is 0. The van der Waals surface area contributed by atoms with E-state index in [2.05, 4.69) is 26.7 Å².